The van der Waals surface area contributed by atoms with Crippen LogP contribution < -0.4 is 9.47 Å². The van der Waals surface area contributed by atoms with Gasteiger partial charge in [-0.3, -0.25) is 14.4 Å². The second-order valence-corrected chi connectivity index (χ2v) is 16.3. The van der Waals surface area contributed by atoms with Crippen molar-refractivity contribution >= 4 is 23.5 Å². The summed E-state index contributed by atoms with van der Waals surface area (Å²) in [5.41, 5.74) is -1.18. The molecule has 5 aliphatic rings. The summed E-state index contributed by atoms with van der Waals surface area (Å²) in [5, 5.41) is 127. The second-order valence-electron chi connectivity index (χ2n) is 16.3. The van der Waals surface area contributed by atoms with Crippen LogP contribution in [-0.4, -0.2) is 166 Å². The molecule has 20 heteroatoms. The summed E-state index contributed by atoms with van der Waals surface area (Å²) in [7, 11) is 0. The molecule has 20 nitrogen and oxygen atoms in total. The van der Waals surface area contributed by atoms with Gasteiger partial charge in [0.1, 0.15) is 66.1 Å². The molecule has 12 N–H and O–H groups in total. The van der Waals surface area contributed by atoms with E-state index in [2.05, 4.69) is 0 Å². The minimum Gasteiger partial charge on any atom is -0.507 e. The molecule has 2 aliphatic heterocycles. The highest BCUT2D eigenvalue weighted by Gasteiger charge is 2.56. The number of aromatic carboxylic acids is 1. The third-order valence-corrected chi connectivity index (χ3v) is 12.9. The molecule has 0 bridgehead atoms. The molecule has 62 heavy (non-hydrogen) atoms. The van der Waals surface area contributed by atoms with E-state index in [1.807, 2.05) is 0 Å². The molecule has 8 unspecified atom stereocenters. The Kier molecular flexibility index (Phi) is 11.6. The van der Waals surface area contributed by atoms with E-state index < -0.39 is 151 Å². The smallest absolute Gasteiger partial charge is 0.335 e. The number of Topliss-reactive ketones (excluding diaryl/α,β-unsaturated/α-hetero) is 1. The van der Waals surface area contributed by atoms with Crippen LogP contribution in [0, 0.1) is 17.8 Å². The Bertz CT molecular complexity index is 2280. The lowest BCUT2D eigenvalue weighted by Gasteiger charge is -2.49. The number of ether oxygens (including phenoxy) is 4. The van der Waals surface area contributed by atoms with Gasteiger partial charge in [-0.05, 0) is 65.6 Å². The fraction of sp³-hybridized carbons (Fsp3) is 0.476. The van der Waals surface area contributed by atoms with Gasteiger partial charge >= 0.3 is 11.9 Å². The summed E-state index contributed by atoms with van der Waals surface area (Å²) >= 11 is 0. The maximum absolute atomic E-state index is 14.8. The van der Waals surface area contributed by atoms with Gasteiger partial charge in [0.2, 0.25) is 18.4 Å². The fourth-order valence-corrected chi connectivity index (χ4v) is 9.92. The van der Waals surface area contributed by atoms with Crippen molar-refractivity contribution in [2.45, 2.75) is 92.2 Å². The molecule has 3 aliphatic carbocycles. The Balaban J connectivity index is 1.35. The van der Waals surface area contributed by atoms with Gasteiger partial charge in [0.15, 0.2) is 5.78 Å². The van der Waals surface area contributed by atoms with E-state index >= 15 is 0 Å². The molecule has 3 fully saturated rings. The Hall–Kier alpha value is -5.10. The van der Waals surface area contributed by atoms with Crippen molar-refractivity contribution in [3.05, 3.63) is 87.5 Å². The van der Waals surface area contributed by atoms with Gasteiger partial charge in [-0.25, -0.2) is 4.79 Å². The van der Waals surface area contributed by atoms with Crippen molar-refractivity contribution in [2.75, 3.05) is 13.2 Å². The highest BCUT2D eigenvalue weighted by molar-refractivity contribution is 6.16. The number of phenolic OH excluding ortho intramolecular Hbond substituents is 1. The minimum absolute atomic E-state index is 0.0684. The van der Waals surface area contributed by atoms with Crippen molar-refractivity contribution in [1.82, 2.24) is 0 Å². The Morgan fingerprint density at radius 3 is 1.73 bits per heavy atom. The second kappa shape index (κ2) is 16.5. The number of hydrogen-bond acceptors (Lipinski definition) is 18. The highest BCUT2D eigenvalue weighted by atomic mass is 16.7. The van der Waals surface area contributed by atoms with Gasteiger partial charge < -0.3 is 80.2 Å². The van der Waals surface area contributed by atoms with Gasteiger partial charge in [0.25, 0.3) is 0 Å². The van der Waals surface area contributed by atoms with E-state index in [4.69, 9.17) is 18.9 Å². The van der Waals surface area contributed by atoms with Crippen LogP contribution in [-0.2, 0) is 14.3 Å². The van der Waals surface area contributed by atoms with Gasteiger partial charge in [-0.15, -0.1) is 0 Å². The summed E-state index contributed by atoms with van der Waals surface area (Å²) in [4.78, 5) is 54.6. The lowest BCUT2D eigenvalue weighted by atomic mass is 9.54. The molecule has 16 atom stereocenters. The first kappa shape index (κ1) is 43.5. The number of aliphatic hydroxyl groups excluding tert-OH is 9. The number of aliphatic carboxylic acids is 1. The highest BCUT2D eigenvalue weighted by Crippen LogP contribution is 2.59. The van der Waals surface area contributed by atoms with Crippen molar-refractivity contribution in [2.24, 2.45) is 17.8 Å². The first-order chi connectivity index (χ1) is 29.5. The van der Waals surface area contributed by atoms with Crippen LogP contribution in [0.3, 0.4) is 0 Å². The number of carboxylic acids is 2. The van der Waals surface area contributed by atoms with E-state index in [0.717, 1.165) is 12.1 Å². The molecule has 332 valence electrons. The number of rotatable bonds is 9. The number of aromatic hydroxyl groups is 1. The molecule has 0 aromatic heterocycles. The topological polar surface area (TPSA) is 348 Å². The predicted molar refractivity (Wildman–Crippen MR) is 202 cm³/mol. The molecule has 0 amide bonds. The lowest BCUT2D eigenvalue weighted by Crippen LogP contribution is -2.60. The van der Waals surface area contributed by atoms with E-state index in [0.29, 0.717) is 0 Å². The van der Waals surface area contributed by atoms with Crippen LogP contribution in [0.4, 0.5) is 0 Å². The minimum atomic E-state index is -1.92. The number of carbonyl (C=O) groups excluding carboxylic acids is 2. The third-order valence-electron chi connectivity index (χ3n) is 12.9. The molecular weight excluding hydrogens is 824 g/mol. The van der Waals surface area contributed by atoms with Crippen LogP contribution in [0.5, 0.6) is 17.2 Å². The lowest BCUT2D eigenvalue weighted by molar-refractivity contribution is -0.277. The van der Waals surface area contributed by atoms with Gasteiger partial charge in [-0.1, -0.05) is 24.3 Å². The van der Waals surface area contributed by atoms with Gasteiger partial charge in [0.05, 0.1) is 53.4 Å². The molecule has 2 saturated heterocycles. The molecule has 8 rings (SSSR count). The maximum atomic E-state index is 14.8. The van der Waals surface area contributed by atoms with Crippen LogP contribution in [0.2, 0.25) is 0 Å². The SMILES string of the molecule is O=C(O)c1cc(O)c2c(c1)C(C1c3cccc(O[C@H]4O[C@H](CO)[C@@H](O)C(O)[C@H]4O)c3C(=O)C3C(O)CC(C(=O)O)CC31)c1cccc(O[C@H]3O[C@H](CO)[C@@H](O)C(O)[C@H]3O)c1C2=O. The fourth-order valence-electron chi connectivity index (χ4n) is 9.92. The van der Waals surface area contributed by atoms with E-state index in [9.17, 15) is 80.5 Å². The number of ketones is 2. The summed E-state index contributed by atoms with van der Waals surface area (Å²) < 4.78 is 23.2. The molecule has 1 saturated carbocycles. The van der Waals surface area contributed by atoms with Gasteiger partial charge in [0, 0.05) is 5.92 Å². The van der Waals surface area contributed by atoms with Crippen LogP contribution >= 0.6 is 0 Å². The summed E-state index contributed by atoms with van der Waals surface area (Å²) in [5.74, 6) is -11.8. The zero-order valence-corrected chi connectivity index (χ0v) is 32.3. The van der Waals surface area contributed by atoms with Crippen LogP contribution in [0.1, 0.15) is 78.0 Å². The molecular formula is C42H44O20. The standard InChI is InChI=1S/C42H44O20/c43-11-23-31(47)35(51)37(53)41(61-23)59-21-5-1-3-15-25(17-7-13(39(55)56)9-19(45)27(17)33(49)29(15)21)26-16-4-2-6-22(60-42-38(54)36(52)32(48)24(12-44)62-42)30(16)34(50)28-18(26)8-14(40(57)58)10-20(28)46/h1-7,9,14,18,20,23-26,28,31-32,35-38,41-48,51-54H,8,10-12H2,(H,55,56)(H,57,58)/t14?,18?,20?,23-,24-,25?,26?,28?,31-,32-,35?,36?,37-,38-,41+,42+/m1/s1. The molecule has 3 aromatic rings. The average molecular weight is 869 g/mol. The number of hydrogen-bond donors (Lipinski definition) is 12. The largest absolute Gasteiger partial charge is 0.507 e. The Morgan fingerprint density at radius 1 is 0.645 bits per heavy atom. The van der Waals surface area contributed by atoms with Crippen molar-refractivity contribution in [3.8, 4) is 17.2 Å². The third kappa shape index (κ3) is 7.00. The predicted octanol–water partition coefficient (Wildman–Crippen LogP) is -1.81. The molecule has 0 spiro atoms. The van der Waals surface area contributed by atoms with Crippen molar-refractivity contribution < 1.29 is 99.4 Å². The first-order valence-electron chi connectivity index (χ1n) is 19.8. The van der Waals surface area contributed by atoms with E-state index in [1.165, 1.54) is 36.4 Å². The summed E-state index contributed by atoms with van der Waals surface area (Å²) in [6.07, 6.45) is -19.6. The summed E-state index contributed by atoms with van der Waals surface area (Å²) in [6.45, 7) is -1.61. The summed E-state index contributed by atoms with van der Waals surface area (Å²) in [6, 6.07) is 10.4. The van der Waals surface area contributed by atoms with Crippen molar-refractivity contribution in [1.29, 1.82) is 0 Å². The Morgan fingerprint density at radius 2 is 1.19 bits per heavy atom. The molecule has 0 radical (unpaired) electrons. The number of carboxylic acid groups (broad SMARTS) is 2. The normalized spacial score (nSPS) is 36.4. The zero-order chi connectivity index (χ0) is 44.6. The van der Waals surface area contributed by atoms with Crippen molar-refractivity contribution in [3.63, 3.8) is 0 Å². The Labute approximate surface area is 350 Å². The number of aliphatic hydroxyl groups is 9. The monoisotopic (exact) mass is 868 g/mol. The maximum Gasteiger partial charge on any atom is 0.335 e. The number of benzene rings is 3. The quantitative estimate of drug-likeness (QED) is 0.113. The molecule has 2 heterocycles. The average Bonchev–Trinajstić information content (AvgIpc) is 3.24. The van der Waals surface area contributed by atoms with Crippen LogP contribution in [0.25, 0.3) is 0 Å². The first-order valence-corrected chi connectivity index (χ1v) is 19.8. The number of fused-ring (bicyclic) bond motifs is 4. The molecule has 3 aromatic carbocycles. The number of phenols is 1. The van der Waals surface area contributed by atoms with E-state index in [1.54, 1.807) is 0 Å². The van der Waals surface area contributed by atoms with E-state index in [-0.39, 0.29) is 52.2 Å². The van der Waals surface area contributed by atoms with Crippen LogP contribution in [0.15, 0.2) is 48.5 Å². The number of carbonyl (C=O) groups is 4. The zero-order valence-electron chi connectivity index (χ0n) is 32.3. The van der Waals surface area contributed by atoms with Gasteiger partial charge in [-0.2, -0.15) is 0 Å².